The second-order valence-corrected chi connectivity index (χ2v) is 5.36. The predicted octanol–water partition coefficient (Wildman–Crippen LogP) is 2.43. The second-order valence-electron chi connectivity index (χ2n) is 5.36. The Bertz CT molecular complexity index is 640. The smallest absolute Gasteiger partial charge is 0.292 e. The second kappa shape index (κ2) is 9.00. The molecule has 124 valence electrons. The molecule has 0 radical (unpaired) electrons. The Hall–Kier alpha value is -2.27. The minimum absolute atomic E-state index is 0.0257. The lowest BCUT2D eigenvalue weighted by Crippen LogP contribution is -2.31. The van der Waals surface area contributed by atoms with Crippen LogP contribution in [0.2, 0.25) is 0 Å². The Labute approximate surface area is 136 Å². The first-order chi connectivity index (χ1) is 11.2. The molecule has 0 bridgehead atoms. The molecule has 1 atom stereocenters. The third-order valence-corrected chi connectivity index (χ3v) is 3.50. The minimum Gasteiger partial charge on any atom is -0.493 e. The molecule has 0 saturated carbocycles. The largest absolute Gasteiger partial charge is 0.493 e. The van der Waals surface area contributed by atoms with Gasteiger partial charge in [-0.1, -0.05) is 25.1 Å². The minimum atomic E-state index is -0.139. The Kier molecular flexibility index (Phi) is 6.69. The van der Waals surface area contributed by atoms with E-state index >= 15 is 0 Å². The van der Waals surface area contributed by atoms with Crippen molar-refractivity contribution in [3.05, 3.63) is 59.0 Å². The maximum atomic E-state index is 12.3. The normalized spacial score (nSPS) is 11.9. The van der Waals surface area contributed by atoms with E-state index in [4.69, 9.17) is 15.2 Å². The van der Waals surface area contributed by atoms with E-state index in [0.717, 1.165) is 12.2 Å². The van der Waals surface area contributed by atoms with Crippen LogP contribution < -0.4 is 20.8 Å². The molecule has 0 aliphatic heterocycles. The number of pyridine rings is 1. The van der Waals surface area contributed by atoms with Crippen molar-refractivity contribution in [3.63, 3.8) is 0 Å². The summed E-state index contributed by atoms with van der Waals surface area (Å²) in [4.78, 5) is 12.3. The number of nitrogens with two attached hydrogens (primary N) is 1. The lowest BCUT2D eigenvalue weighted by Gasteiger charge is -2.13. The lowest BCUT2D eigenvalue weighted by atomic mass is 10.2. The summed E-state index contributed by atoms with van der Waals surface area (Å²) in [5.41, 5.74) is 5.76. The summed E-state index contributed by atoms with van der Waals surface area (Å²) >= 11 is 0. The SMILES string of the molecule is CCC(N)Cn1cccc(OCCCOc2ccccc2)c1=O. The van der Waals surface area contributed by atoms with Gasteiger partial charge in [0.2, 0.25) is 0 Å². The molecule has 1 heterocycles. The molecule has 5 heteroatoms. The number of nitrogens with zero attached hydrogens (tertiary/aromatic N) is 1. The van der Waals surface area contributed by atoms with Crippen molar-refractivity contribution in [2.75, 3.05) is 13.2 Å². The van der Waals surface area contributed by atoms with Crippen LogP contribution >= 0.6 is 0 Å². The van der Waals surface area contributed by atoms with Crippen molar-refractivity contribution in [2.24, 2.45) is 5.73 Å². The van der Waals surface area contributed by atoms with E-state index in [1.165, 1.54) is 0 Å². The molecule has 0 aliphatic rings. The topological polar surface area (TPSA) is 66.5 Å². The van der Waals surface area contributed by atoms with Gasteiger partial charge in [-0.15, -0.1) is 0 Å². The molecule has 2 rings (SSSR count). The number of hydrogen-bond acceptors (Lipinski definition) is 4. The number of rotatable bonds is 9. The maximum Gasteiger partial charge on any atom is 0.292 e. The number of hydrogen-bond donors (Lipinski definition) is 1. The van der Waals surface area contributed by atoms with Gasteiger partial charge in [0, 0.05) is 25.2 Å². The van der Waals surface area contributed by atoms with Gasteiger partial charge in [-0.05, 0) is 30.7 Å². The molecule has 0 aliphatic carbocycles. The van der Waals surface area contributed by atoms with Gasteiger partial charge < -0.3 is 19.8 Å². The van der Waals surface area contributed by atoms with Crippen LogP contribution in [0.15, 0.2) is 53.5 Å². The van der Waals surface area contributed by atoms with Gasteiger partial charge in [0.1, 0.15) is 5.75 Å². The van der Waals surface area contributed by atoms with Crippen LogP contribution in [0, 0.1) is 0 Å². The van der Waals surface area contributed by atoms with E-state index in [1.54, 1.807) is 22.9 Å². The third-order valence-electron chi connectivity index (χ3n) is 3.50. The monoisotopic (exact) mass is 316 g/mol. The maximum absolute atomic E-state index is 12.3. The first-order valence-corrected chi connectivity index (χ1v) is 7.96. The number of ether oxygens (including phenoxy) is 2. The fourth-order valence-electron chi connectivity index (χ4n) is 2.10. The molecule has 2 N–H and O–H groups in total. The van der Waals surface area contributed by atoms with Crippen LogP contribution in [-0.4, -0.2) is 23.8 Å². The molecule has 1 aromatic heterocycles. The van der Waals surface area contributed by atoms with Gasteiger partial charge in [0.05, 0.1) is 13.2 Å². The fraction of sp³-hybridized carbons (Fsp3) is 0.389. The Morgan fingerprint density at radius 2 is 1.83 bits per heavy atom. The van der Waals surface area contributed by atoms with Gasteiger partial charge in [-0.2, -0.15) is 0 Å². The predicted molar refractivity (Wildman–Crippen MR) is 91.0 cm³/mol. The van der Waals surface area contributed by atoms with E-state index in [2.05, 4.69) is 0 Å². The van der Waals surface area contributed by atoms with E-state index in [1.807, 2.05) is 37.3 Å². The zero-order valence-electron chi connectivity index (χ0n) is 13.5. The molecule has 0 saturated heterocycles. The number of benzene rings is 1. The van der Waals surface area contributed by atoms with Gasteiger partial charge in [0.25, 0.3) is 5.56 Å². The Morgan fingerprint density at radius 1 is 1.09 bits per heavy atom. The zero-order chi connectivity index (χ0) is 16.5. The summed E-state index contributed by atoms with van der Waals surface area (Å²) in [6, 6.07) is 13.1. The average Bonchev–Trinajstić information content (AvgIpc) is 2.58. The van der Waals surface area contributed by atoms with Gasteiger partial charge in [0.15, 0.2) is 5.75 Å². The number of para-hydroxylation sites is 1. The van der Waals surface area contributed by atoms with Crippen LogP contribution in [0.25, 0.3) is 0 Å². The van der Waals surface area contributed by atoms with Crippen molar-refractivity contribution in [2.45, 2.75) is 32.4 Å². The fourth-order valence-corrected chi connectivity index (χ4v) is 2.10. The first kappa shape index (κ1) is 17.1. The summed E-state index contributed by atoms with van der Waals surface area (Å²) in [7, 11) is 0. The van der Waals surface area contributed by atoms with Gasteiger partial charge in [-0.25, -0.2) is 0 Å². The standard InChI is InChI=1S/C18H24N2O3/c1-2-15(19)14-20-11-6-10-17(18(20)21)23-13-7-12-22-16-8-4-3-5-9-16/h3-6,8-11,15H,2,7,12-14,19H2,1H3. The van der Waals surface area contributed by atoms with E-state index in [9.17, 15) is 4.79 Å². The molecule has 1 aromatic carbocycles. The molecule has 0 amide bonds. The van der Waals surface area contributed by atoms with Crippen molar-refractivity contribution in [3.8, 4) is 11.5 Å². The molecular formula is C18H24N2O3. The molecule has 2 aromatic rings. The summed E-state index contributed by atoms with van der Waals surface area (Å²) in [6.07, 6.45) is 3.27. The van der Waals surface area contributed by atoms with Crippen molar-refractivity contribution in [1.29, 1.82) is 0 Å². The first-order valence-electron chi connectivity index (χ1n) is 7.96. The van der Waals surface area contributed by atoms with Crippen molar-refractivity contribution >= 4 is 0 Å². The molecule has 0 spiro atoms. The van der Waals surface area contributed by atoms with Crippen LogP contribution in [-0.2, 0) is 6.54 Å². The quantitative estimate of drug-likeness (QED) is 0.722. The van der Waals surface area contributed by atoms with Crippen LogP contribution in [0.5, 0.6) is 11.5 Å². The van der Waals surface area contributed by atoms with Gasteiger partial charge in [-0.3, -0.25) is 4.79 Å². The summed E-state index contributed by atoms with van der Waals surface area (Å²) < 4.78 is 12.8. The van der Waals surface area contributed by atoms with Crippen LogP contribution in [0.3, 0.4) is 0 Å². The highest BCUT2D eigenvalue weighted by atomic mass is 16.5. The molecule has 1 unspecified atom stereocenters. The highest BCUT2D eigenvalue weighted by molar-refractivity contribution is 5.21. The Morgan fingerprint density at radius 3 is 2.57 bits per heavy atom. The van der Waals surface area contributed by atoms with Crippen molar-refractivity contribution in [1.82, 2.24) is 4.57 Å². The van der Waals surface area contributed by atoms with Crippen LogP contribution in [0.4, 0.5) is 0 Å². The highest BCUT2D eigenvalue weighted by Gasteiger charge is 2.07. The molecule has 23 heavy (non-hydrogen) atoms. The third kappa shape index (κ3) is 5.45. The average molecular weight is 316 g/mol. The summed E-state index contributed by atoms with van der Waals surface area (Å²) in [6.45, 7) is 3.49. The van der Waals surface area contributed by atoms with Crippen molar-refractivity contribution < 1.29 is 9.47 Å². The number of aromatic nitrogens is 1. The zero-order valence-corrected chi connectivity index (χ0v) is 13.5. The summed E-state index contributed by atoms with van der Waals surface area (Å²) in [5.74, 6) is 1.19. The van der Waals surface area contributed by atoms with E-state index < -0.39 is 0 Å². The molecule has 5 nitrogen and oxygen atoms in total. The van der Waals surface area contributed by atoms with E-state index in [-0.39, 0.29) is 11.6 Å². The molecule has 0 fully saturated rings. The lowest BCUT2D eigenvalue weighted by molar-refractivity contribution is 0.244. The highest BCUT2D eigenvalue weighted by Crippen LogP contribution is 2.09. The van der Waals surface area contributed by atoms with Crippen LogP contribution in [0.1, 0.15) is 19.8 Å². The Balaban J connectivity index is 1.79. The van der Waals surface area contributed by atoms with Gasteiger partial charge >= 0.3 is 0 Å². The summed E-state index contributed by atoms with van der Waals surface area (Å²) in [5, 5.41) is 0. The van der Waals surface area contributed by atoms with E-state index in [0.29, 0.717) is 31.9 Å². The molecular weight excluding hydrogens is 292 g/mol.